The molecule has 2 aromatic rings. The normalized spacial score (nSPS) is 10.8. The summed E-state index contributed by atoms with van der Waals surface area (Å²) in [5, 5.41) is 19.4. The van der Waals surface area contributed by atoms with Crippen LogP contribution in [0.3, 0.4) is 0 Å². The zero-order valence-corrected chi connectivity index (χ0v) is 12.4. The quantitative estimate of drug-likeness (QED) is 0.593. The predicted octanol–water partition coefficient (Wildman–Crippen LogP) is 1.45. The molecule has 7 nitrogen and oxygen atoms in total. The summed E-state index contributed by atoms with van der Waals surface area (Å²) < 4.78 is 1.71. The smallest absolute Gasteiger partial charge is 0.250 e. The van der Waals surface area contributed by atoms with Crippen molar-refractivity contribution in [2.75, 3.05) is 18.0 Å². The Balaban J connectivity index is 2.28. The number of rotatable bonds is 7. The number of amidine groups is 1. The lowest BCUT2D eigenvalue weighted by atomic mass is 10.2. The van der Waals surface area contributed by atoms with E-state index in [1.165, 1.54) is 0 Å². The Kier molecular flexibility index (Phi) is 4.86. The van der Waals surface area contributed by atoms with Crippen molar-refractivity contribution in [3.63, 3.8) is 0 Å². The van der Waals surface area contributed by atoms with E-state index >= 15 is 0 Å². The van der Waals surface area contributed by atoms with Gasteiger partial charge in [-0.25, -0.2) is 0 Å². The third kappa shape index (κ3) is 4.01. The summed E-state index contributed by atoms with van der Waals surface area (Å²) in [5.74, 6) is 1.30. The predicted molar refractivity (Wildman–Crippen MR) is 82.7 cm³/mol. The summed E-state index contributed by atoms with van der Waals surface area (Å²) >= 11 is 0. The number of para-hydroxylation sites is 1. The highest BCUT2D eigenvalue weighted by Crippen LogP contribution is 2.16. The van der Waals surface area contributed by atoms with Crippen LogP contribution in [-0.2, 0) is 0 Å². The molecule has 0 spiro atoms. The second-order valence-corrected chi connectivity index (χ2v) is 5.34. The minimum Gasteiger partial charge on any atom is -0.388 e. The molecule has 21 heavy (non-hydrogen) atoms. The lowest BCUT2D eigenvalue weighted by Gasteiger charge is -2.24. The van der Waals surface area contributed by atoms with E-state index in [1.807, 2.05) is 30.3 Å². The van der Waals surface area contributed by atoms with E-state index in [4.69, 9.17) is 11.1 Å². The summed E-state index contributed by atoms with van der Waals surface area (Å²) in [6.07, 6.45) is 0.494. The van der Waals surface area contributed by atoms with Crippen LogP contribution in [0.4, 0.5) is 5.95 Å². The first-order valence-corrected chi connectivity index (χ1v) is 6.99. The van der Waals surface area contributed by atoms with E-state index < -0.39 is 0 Å². The molecule has 0 aliphatic heterocycles. The lowest BCUT2D eigenvalue weighted by molar-refractivity contribution is 0.597. The molecule has 0 radical (unpaired) electrons. The Morgan fingerprint density at radius 3 is 2.67 bits per heavy atom. The van der Waals surface area contributed by atoms with Gasteiger partial charge in [0.05, 0.1) is 11.5 Å². The number of aromatic nitrogens is 4. The Morgan fingerprint density at radius 1 is 1.33 bits per heavy atom. The first kappa shape index (κ1) is 15.0. The highest BCUT2D eigenvalue weighted by molar-refractivity contribution is 5.77. The maximum atomic E-state index is 7.41. The molecule has 1 heterocycles. The Morgan fingerprint density at radius 2 is 2.05 bits per heavy atom. The number of hydrogen-bond acceptors (Lipinski definition) is 5. The molecule has 0 amide bonds. The van der Waals surface area contributed by atoms with E-state index in [-0.39, 0.29) is 5.84 Å². The molecular formula is C14H21N7. The topological polar surface area (TPSA) is 96.7 Å². The average molecular weight is 287 g/mol. The molecule has 1 aromatic heterocycles. The summed E-state index contributed by atoms with van der Waals surface area (Å²) in [4.78, 5) is 2.07. The SMILES string of the molecule is CC(C)CN(CCC(=N)N)c1nnnn1-c1ccccc1. The van der Waals surface area contributed by atoms with Crippen LogP contribution in [0, 0.1) is 11.3 Å². The molecule has 0 atom stereocenters. The van der Waals surface area contributed by atoms with Gasteiger partial charge in [0.25, 0.3) is 0 Å². The molecule has 0 bridgehead atoms. The van der Waals surface area contributed by atoms with Crippen LogP contribution in [0.15, 0.2) is 30.3 Å². The van der Waals surface area contributed by atoms with Crippen LogP contribution in [0.25, 0.3) is 5.69 Å². The molecule has 7 heteroatoms. The van der Waals surface area contributed by atoms with Crippen molar-refractivity contribution < 1.29 is 0 Å². The van der Waals surface area contributed by atoms with Gasteiger partial charge in [0, 0.05) is 19.5 Å². The van der Waals surface area contributed by atoms with Crippen LogP contribution < -0.4 is 10.6 Å². The fourth-order valence-electron chi connectivity index (χ4n) is 2.08. The van der Waals surface area contributed by atoms with Gasteiger partial charge in [-0.15, -0.1) is 0 Å². The van der Waals surface area contributed by atoms with Gasteiger partial charge in [-0.05, 0) is 28.5 Å². The minimum absolute atomic E-state index is 0.169. The van der Waals surface area contributed by atoms with Gasteiger partial charge in [0.1, 0.15) is 0 Å². The standard InChI is InChI=1S/C14H21N7/c1-11(2)10-20(9-8-13(15)16)14-17-18-19-21(14)12-6-4-3-5-7-12/h3-7,11H,8-10H2,1-2H3,(H3,15,16). The number of tetrazole rings is 1. The number of nitrogens with two attached hydrogens (primary N) is 1. The zero-order chi connectivity index (χ0) is 15.2. The largest absolute Gasteiger partial charge is 0.388 e. The van der Waals surface area contributed by atoms with E-state index in [0.717, 1.165) is 12.2 Å². The van der Waals surface area contributed by atoms with E-state index in [1.54, 1.807) is 4.68 Å². The minimum atomic E-state index is 0.169. The monoisotopic (exact) mass is 287 g/mol. The van der Waals surface area contributed by atoms with Crippen molar-refractivity contribution in [2.24, 2.45) is 11.7 Å². The maximum Gasteiger partial charge on any atom is 0.250 e. The highest BCUT2D eigenvalue weighted by atomic mass is 15.6. The van der Waals surface area contributed by atoms with E-state index in [9.17, 15) is 0 Å². The molecule has 2 rings (SSSR count). The Bertz CT molecular complexity index is 576. The molecule has 1 aromatic carbocycles. The molecule has 0 saturated carbocycles. The first-order chi connectivity index (χ1) is 10.1. The molecule has 0 fully saturated rings. The summed E-state index contributed by atoms with van der Waals surface area (Å²) in [5.41, 5.74) is 6.38. The van der Waals surface area contributed by atoms with Gasteiger partial charge < -0.3 is 10.6 Å². The van der Waals surface area contributed by atoms with Crippen molar-refractivity contribution >= 4 is 11.8 Å². The highest BCUT2D eigenvalue weighted by Gasteiger charge is 2.17. The van der Waals surface area contributed by atoms with Crippen LogP contribution in [0.1, 0.15) is 20.3 Å². The van der Waals surface area contributed by atoms with Crippen molar-refractivity contribution in [3.05, 3.63) is 30.3 Å². The van der Waals surface area contributed by atoms with Crippen molar-refractivity contribution in [1.82, 2.24) is 20.2 Å². The van der Waals surface area contributed by atoms with E-state index in [0.29, 0.717) is 24.8 Å². The van der Waals surface area contributed by atoms with Crippen molar-refractivity contribution in [1.29, 1.82) is 5.41 Å². The van der Waals surface area contributed by atoms with E-state index in [2.05, 4.69) is 34.3 Å². The third-order valence-corrected chi connectivity index (χ3v) is 2.97. The van der Waals surface area contributed by atoms with Crippen LogP contribution in [0.2, 0.25) is 0 Å². The van der Waals surface area contributed by atoms with Crippen LogP contribution >= 0.6 is 0 Å². The second-order valence-electron chi connectivity index (χ2n) is 5.34. The number of hydrogen-bond donors (Lipinski definition) is 2. The Hall–Kier alpha value is -2.44. The number of anilines is 1. The average Bonchev–Trinajstić information content (AvgIpc) is 2.93. The Labute approximate surface area is 124 Å². The van der Waals surface area contributed by atoms with Crippen LogP contribution in [-0.4, -0.2) is 39.1 Å². The summed E-state index contributed by atoms with van der Waals surface area (Å²) in [6.45, 7) is 5.70. The van der Waals surface area contributed by atoms with Gasteiger partial charge >= 0.3 is 0 Å². The van der Waals surface area contributed by atoms with Crippen LogP contribution in [0.5, 0.6) is 0 Å². The molecule has 0 saturated heterocycles. The fraction of sp³-hybridized carbons (Fsp3) is 0.429. The number of nitrogens with zero attached hydrogens (tertiary/aromatic N) is 5. The van der Waals surface area contributed by atoms with Crippen molar-refractivity contribution in [2.45, 2.75) is 20.3 Å². The molecular weight excluding hydrogens is 266 g/mol. The third-order valence-electron chi connectivity index (χ3n) is 2.97. The van der Waals surface area contributed by atoms with Gasteiger partial charge in [-0.1, -0.05) is 37.1 Å². The maximum absolute atomic E-state index is 7.41. The molecule has 112 valence electrons. The summed E-state index contributed by atoms with van der Waals surface area (Å²) in [7, 11) is 0. The second kappa shape index (κ2) is 6.83. The van der Waals surface area contributed by atoms with Crippen molar-refractivity contribution in [3.8, 4) is 5.69 Å². The summed E-state index contributed by atoms with van der Waals surface area (Å²) in [6, 6.07) is 9.76. The zero-order valence-electron chi connectivity index (χ0n) is 12.4. The molecule has 0 aliphatic rings. The number of benzene rings is 1. The van der Waals surface area contributed by atoms with Gasteiger partial charge in [-0.3, -0.25) is 5.41 Å². The van der Waals surface area contributed by atoms with Gasteiger partial charge in [0.15, 0.2) is 0 Å². The first-order valence-electron chi connectivity index (χ1n) is 6.99. The van der Waals surface area contributed by atoms with Gasteiger partial charge in [0.2, 0.25) is 5.95 Å². The van der Waals surface area contributed by atoms with Gasteiger partial charge in [-0.2, -0.15) is 4.68 Å². The molecule has 3 N–H and O–H groups in total. The fourth-order valence-corrected chi connectivity index (χ4v) is 2.08. The lowest BCUT2D eigenvalue weighted by Crippen LogP contribution is -2.33. The number of nitrogens with one attached hydrogen (secondary N) is 1. The molecule has 0 aliphatic carbocycles. The molecule has 0 unspecified atom stereocenters.